The fourth-order valence-electron chi connectivity index (χ4n) is 2.96. The molecule has 1 amide bonds. The lowest BCUT2D eigenvalue weighted by Gasteiger charge is -2.18. The van der Waals surface area contributed by atoms with E-state index in [0.717, 1.165) is 26.4 Å². The molecule has 0 radical (unpaired) electrons. The van der Waals surface area contributed by atoms with Crippen molar-refractivity contribution in [3.63, 3.8) is 0 Å². The lowest BCUT2D eigenvalue weighted by Crippen LogP contribution is -2.36. The summed E-state index contributed by atoms with van der Waals surface area (Å²) >= 11 is 1.56. The Morgan fingerprint density at radius 2 is 2.20 bits per heavy atom. The van der Waals surface area contributed by atoms with Crippen LogP contribution in [0.25, 0.3) is 20.8 Å². The summed E-state index contributed by atoms with van der Waals surface area (Å²) in [5, 5.41) is 11.2. The van der Waals surface area contributed by atoms with Crippen molar-refractivity contribution in [2.45, 2.75) is 6.54 Å². The van der Waals surface area contributed by atoms with Crippen LogP contribution in [0.1, 0.15) is 5.56 Å². The molecule has 7 heteroatoms. The monoisotopic (exact) mass is 355 g/mol. The molecule has 1 aliphatic heterocycles. The summed E-state index contributed by atoms with van der Waals surface area (Å²) in [5.41, 5.74) is 7.97. The van der Waals surface area contributed by atoms with Crippen LogP contribution < -0.4 is 10.5 Å². The van der Waals surface area contributed by atoms with E-state index in [0.29, 0.717) is 25.4 Å². The Morgan fingerprint density at radius 3 is 3.00 bits per heavy atom. The van der Waals surface area contributed by atoms with Crippen LogP contribution in [-0.4, -0.2) is 40.6 Å². The molecule has 3 aromatic rings. The summed E-state index contributed by atoms with van der Waals surface area (Å²) in [7, 11) is 0. The third kappa shape index (κ3) is 2.92. The molecular formula is C18H17N3O3S. The highest BCUT2D eigenvalue weighted by Crippen LogP contribution is 2.39. The number of phenolic OH excluding ortho intramolecular Hbond substituents is 1. The number of aromatic nitrogens is 1. The van der Waals surface area contributed by atoms with Crippen LogP contribution in [0.15, 0.2) is 36.4 Å². The van der Waals surface area contributed by atoms with E-state index >= 15 is 0 Å². The summed E-state index contributed by atoms with van der Waals surface area (Å²) in [4.78, 5) is 18.2. The molecule has 0 saturated heterocycles. The molecule has 2 heterocycles. The molecule has 0 fully saturated rings. The predicted octanol–water partition coefficient (Wildman–Crippen LogP) is 2.35. The maximum Gasteiger partial charge on any atom is 0.236 e. The second-order valence-electron chi connectivity index (χ2n) is 5.84. The van der Waals surface area contributed by atoms with E-state index in [1.165, 1.54) is 0 Å². The molecule has 0 aliphatic carbocycles. The first-order valence-electron chi connectivity index (χ1n) is 7.98. The number of phenols is 1. The number of carbonyl (C=O) groups excluding carboxylic acids is 1. The number of nitrogens with zero attached hydrogens (tertiary/aromatic N) is 2. The fraction of sp³-hybridized carbons (Fsp3) is 0.222. The van der Waals surface area contributed by atoms with Gasteiger partial charge in [-0.25, -0.2) is 4.98 Å². The van der Waals surface area contributed by atoms with Gasteiger partial charge >= 0.3 is 0 Å². The third-order valence-electron chi connectivity index (χ3n) is 4.18. The molecule has 0 unspecified atom stereocenters. The summed E-state index contributed by atoms with van der Waals surface area (Å²) in [6.45, 7) is 1.09. The van der Waals surface area contributed by atoms with E-state index in [1.807, 2.05) is 30.3 Å². The van der Waals surface area contributed by atoms with Crippen LogP contribution in [-0.2, 0) is 11.3 Å². The van der Waals surface area contributed by atoms with Gasteiger partial charge in [-0.2, -0.15) is 0 Å². The third-order valence-corrected chi connectivity index (χ3v) is 5.27. The minimum atomic E-state index is -0.138. The number of hydrogen-bond acceptors (Lipinski definition) is 6. The lowest BCUT2D eigenvalue weighted by atomic mass is 10.1. The largest absolute Gasteiger partial charge is 0.504 e. The molecule has 0 bridgehead atoms. The van der Waals surface area contributed by atoms with Gasteiger partial charge in [-0.15, -0.1) is 11.3 Å². The number of ether oxygens (including phenoxy) is 1. The van der Waals surface area contributed by atoms with E-state index in [9.17, 15) is 9.90 Å². The van der Waals surface area contributed by atoms with Crippen LogP contribution in [0, 0.1) is 0 Å². The molecule has 25 heavy (non-hydrogen) atoms. The molecule has 0 saturated carbocycles. The van der Waals surface area contributed by atoms with Gasteiger partial charge in [0.25, 0.3) is 0 Å². The quantitative estimate of drug-likeness (QED) is 0.737. The molecule has 1 aliphatic rings. The average molecular weight is 355 g/mol. The van der Waals surface area contributed by atoms with Crippen molar-refractivity contribution in [1.82, 2.24) is 9.88 Å². The number of para-hydroxylation sites is 1. The average Bonchev–Trinajstić information content (AvgIpc) is 2.94. The van der Waals surface area contributed by atoms with E-state index in [4.69, 9.17) is 10.5 Å². The normalized spacial score (nSPS) is 14.0. The number of amides is 1. The van der Waals surface area contributed by atoms with Gasteiger partial charge in [-0.3, -0.25) is 4.79 Å². The first-order chi connectivity index (χ1) is 12.2. The molecule has 0 spiro atoms. The number of carbonyl (C=O) groups is 1. The van der Waals surface area contributed by atoms with Crippen LogP contribution in [0.3, 0.4) is 0 Å². The number of nitrogens with two attached hydrogens (primary N) is 1. The molecule has 6 nitrogen and oxygen atoms in total. The summed E-state index contributed by atoms with van der Waals surface area (Å²) < 4.78 is 6.74. The Hall–Kier alpha value is -2.64. The zero-order chi connectivity index (χ0) is 17.4. The van der Waals surface area contributed by atoms with Crippen LogP contribution >= 0.6 is 11.3 Å². The lowest BCUT2D eigenvalue weighted by molar-refractivity contribution is -0.130. The second-order valence-corrected chi connectivity index (χ2v) is 6.87. The van der Waals surface area contributed by atoms with Crippen molar-refractivity contribution in [2.75, 3.05) is 19.7 Å². The number of rotatable bonds is 2. The summed E-state index contributed by atoms with van der Waals surface area (Å²) in [6.07, 6.45) is 0. The Labute approximate surface area is 148 Å². The van der Waals surface area contributed by atoms with Gasteiger partial charge in [0.05, 0.1) is 23.3 Å². The molecule has 1 aromatic heterocycles. The van der Waals surface area contributed by atoms with Gasteiger partial charge in [0, 0.05) is 17.7 Å². The molecule has 3 N–H and O–H groups in total. The van der Waals surface area contributed by atoms with Gasteiger partial charge in [0.15, 0.2) is 11.5 Å². The van der Waals surface area contributed by atoms with Crippen molar-refractivity contribution >= 4 is 27.5 Å². The van der Waals surface area contributed by atoms with Crippen molar-refractivity contribution < 1.29 is 14.6 Å². The Bertz CT molecular complexity index is 921. The standard InChI is InChI=1S/C18H17N3O3S/c19-9-16(23)21-5-6-24-17-12(10-21)7-11(8-14(17)22)18-20-13-3-1-2-4-15(13)25-18/h1-4,7-8,22H,5-6,9-10,19H2. The number of aromatic hydroxyl groups is 1. The van der Waals surface area contributed by atoms with E-state index in [1.54, 1.807) is 22.3 Å². The van der Waals surface area contributed by atoms with E-state index in [-0.39, 0.29) is 18.2 Å². The number of benzene rings is 2. The van der Waals surface area contributed by atoms with Crippen molar-refractivity contribution in [3.8, 4) is 22.1 Å². The molecule has 0 atom stereocenters. The highest BCUT2D eigenvalue weighted by Gasteiger charge is 2.22. The van der Waals surface area contributed by atoms with E-state index < -0.39 is 0 Å². The minimum absolute atomic E-state index is 0.0428. The van der Waals surface area contributed by atoms with Crippen molar-refractivity contribution in [2.24, 2.45) is 5.73 Å². The van der Waals surface area contributed by atoms with Crippen LogP contribution in [0.5, 0.6) is 11.5 Å². The number of hydrogen-bond donors (Lipinski definition) is 2. The Kier molecular flexibility index (Phi) is 4.03. The summed E-state index contributed by atoms with van der Waals surface area (Å²) in [6, 6.07) is 11.5. The zero-order valence-corrected chi connectivity index (χ0v) is 14.3. The summed E-state index contributed by atoms with van der Waals surface area (Å²) in [5.74, 6) is 0.354. The maximum atomic E-state index is 12.0. The topological polar surface area (TPSA) is 88.7 Å². The second kappa shape index (κ2) is 6.34. The molecular weight excluding hydrogens is 338 g/mol. The van der Waals surface area contributed by atoms with Crippen molar-refractivity contribution in [3.05, 3.63) is 42.0 Å². The van der Waals surface area contributed by atoms with Crippen molar-refractivity contribution in [1.29, 1.82) is 0 Å². The maximum absolute atomic E-state index is 12.0. The number of fused-ring (bicyclic) bond motifs is 2. The highest BCUT2D eigenvalue weighted by molar-refractivity contribution is 7.21. The van der Waals surface area contributed by atoms with Crippen LogP contribution in [0.4, 0.5) is 0 Å². The Balaban J connectivity index is 1.77. The predicted molar refractivity (Wildman–Crippen MR) is 96.7 cm³/mol. The number of thiazole rings is 1. The first-order valence-corrected chi connectivity index (χ1v) is 8.80. The van der Waals surface area contributed by atoms with Gasteiger partial charge in [-0.05, 0) is 24.3 Å². The first kappa shape index (κ1) is 15.9. The van der Waals surface area contributed by atoms with Gasteiger partial charge in [-0.1, -0.05) is 12.1 Å². The van der Waals surface area contributed by atoms with Gasteiger partial charge in [0.2, 0.25) is 5.91 Å². The zero-order valence-electron chi connectivity index (χ0n) is 13.4. The SMILES string of the molecule is NCC(=O)N1CCOc2c(O)cc(-c3nc4ccccc4s3)cc2C1. The van der Waals surface area contributed by atoms with Crippen LogP contribution in [0.2, 0.25) is 0 Å². The smallest absolute Gasteiger partial charge is 0.236 e. The van der Waals surface area contributed by atoms with E-state index in [2.05, 4.69) is 4.98 Å². The minimum Gasteiger partial charge on any atom is -0.504 e. The highest BCUT2D eigenvalue weighted by atomic mass is 32.1. The molecule has 4 rings (SSSR count). The molecule has 128 valence electrons. The van der Waals surface area contributed by atoms with Gasteiger partial charge < -0.3 is 20.5 Å². The fourth-order valence-corrected chi connectivity index (χ4v) is 3.91. The Morgan fingerprint density at radius 1 is 1.36 bits per heavy atom. The molecule has 2 aromatic carbocycles. The van der Waals surface area contributed by atoms with Gasteiger partial charge in [0.1, 0.15) is 11.6 Å².